The summed E-state index contributed by atoms with van der Waals surface area (Å²) in [7, 11) is 0. The third-order valence-electron chi connectivity index (χ3n) is 1.22. The summed E-state index contributed by atoms with van der Waals surface area (Å²) in [5.74, 6) is 5.29. The van der Waals surface area contributed by atoms with E-state index in [0.29, 0.717) is 0 Å². The highest BCUT2D eigenvalue weighted by atomic mass is 32.2. The van der Waals surface area contributed by atoms with E-state index >= 15 is 0 Å². The second kappa shape index (κ2) is 4.32. The van der Waals surface area contributed by atoms with Gasteiger partial charge in [-0.3, -0.25) is 0 Å². The first-order valence-electron chi connectivity index (χ1n) is 3.25. The van der Waals surface area contributed by atoms with Gasteiger partial charge in [-0.15, -0.1) is 5.92 Å². The van der Waals surface area contributed by atoms with Crippen LogP contribution in [0.4, 0.5) is 0 Å². The highest BCUT2D eigenvalue weighted by Crippen LogP contribution is 2.12. The van der Waals surface area contributed by atoms with E-state index < -0.39 is 15.8 Å². The third-order valence-corrected chi connectivity index (χ3v) is 2.18. The molecule has 2 atom stereocenters. The number of rotatable bonds is 2. The van der Waals surface area contributed by atoms with Crippen LogP contribution in [0.2, 0.25) is 0 Å². The number of hydrogen-bond donors (Lipinski definition) is 1. The monoisotopic (exact) mass is 172 g/mol. The van der Waals surface area contributed by atoms with Crippen LogP contribution >= 0.6 is 0 Å². The first-order chi connectivity index (χ1) is 5.06. The lowest BCUT2D eigenvalue weighted by atomic mass is 10.1. The number of allylic oxidation sites excluding steroid dienone is 1. The normalized spacial score (nSPS) is 18.5. The lowest BCUT2D eigenvalue weighted by Crippen LogP contribution is -2.25. The minimum absolute atomic E-state index is 0.913. The fraction of sp³-hybridized carbons (Fsp3) is 0.500. The molecule has 11 heavy (non-hydrogen) atoms. The first kappa shape index (κ1) is 10.4. The highest BCUT2D eigenvalue weighted by molar-refractivity contribution is 7.81. The Morgan fingerprint density at radius 1 is 1.64 bits per heavy atom. The summed E-state index contributed by atoms with van der Waals surface area (Å²) in [4.78, 5) is 0. The number of hydrogen-bond acceptors (Lipinski definition) is 1. The van der Waals surface area contributed by atoms with Crippen molar-refractivity contribution in [2.75, 3.05) is 0 Å². The minimum Gasteiger partial charge on any atom is -0.305 e. The smallest absolute Gasteiger partial charge is 0.175 e. The van der Waals surface area contributed by atoms with Crippen molar-refractivity contribution in [3.63, 3.8) is 0 Å². The van der Waals surface area contributed by atoms with Gasteiger partial charge in [-0.25, -0.2) is 4.21 Å². The molecule has 0 aliphatic carbocycles. The van der Waals surface area contributed by atoms with E-state index in [1.54, 1.807) is 32.9 Å². The molecule has 0 heterocycles. The van der Waals surface area contributed by atoms with Crippen molar-refractivity contribution >= 4 is 11.1 Å². The standard InChI is InChI=1S/C8H12O2S/c1-4-6-8(3,7-5-2)11(9)10/h4,6H,1-3H3,(H,9,10). The predicted octanol–water partition coefficient (Wildman–Crippen LogP) is 1.57. The van der Waals surface area contributed by atoms with Crippen LogP contribution in [0, 0.1) is 11.8 Å². The molecule has 0 saturated heterocycles. The van der Waals surface area contributed by atoms with Crippen LogP contribution in [-0.4, -0.2) is 13.5 Å². The van der Waals surface area contributed by atoms with E-state index in [1.807, 2.05) is 0 Å². The molecule has 0 saturated carbocycles. The Balaban J connectivity index is 4.76. The van der Waals surface area contributed by atoms with Gasteiger partial charge in [-0.05, 0) is 20.8 Å². The topological polar surface area (TPSA) is 37.3 Å². The van der Waals surface area contributed by atoms with Gasteiger partial charge in [-0.1, -0.05) is 18.1 Å². The van der Waals surface area contributed by atoms with Crippen molar-refractivity contribution in [1.29, 1.82) is 0 Å². The Labute approximate surface area is 70.0 Å². The summed E-state index contributed by atoms with van der Waals surface area (Å²) in [6, 6.07) is 0. The molecule has 0 aromatic carbocycles. The van der Waals surface area contributed by atoms with Crippen LogP contribution in [0.5, 0.6) is 0 Å². The minimum atomic E-state index is -1.93. The average molecular weight is 172 g/mol. The van der Waals surface area contributed by atoms with Crippen LogP contribution in [0.25, 0.3) is 0 Å². The quantitative estimate of drug-likeness (QED) is 0.390. The van der Waals surface area contributed by atoms with Crippen LogP contribution in [0.15, 0.2) is 12.2 Å². The molecule has 0 aromatic rings. The summed E-state index contributed by atoms with van der Waals surface area (Å²) in [6.07, 6.45) is 3.35. The Bertz CT molecular complexity index is 234. The highest BCUT2D eigenvalue weighted by Gasteiger charge is 2.24. The van der Waals surface area contributed by atoms with Crippen LogP contribution in [0.3, 0.4) is 0 Å². The third kappa shape index (κ3) is 2.87. The van der Waals surface area contributed by atoms with Gasteiger partial charge in [0.1, 0.15) is 4.75 Å². The van der Waals surface area contributed by atoms with Gasteiger partial charge in [0.15, 0.2) is 11.1 Å². The molecule has 0 aromatic heterocycles. The maximum Gasteiger partial charge on any atom is 0.175 e. The lowest BCUT2D eigenvalue weighted by Gasteiger charge is -2.12. The molecule has 0 spiro atoms. The Morgan fingerprint density at radius 3 is 2.45 bits per heavy atom. The SMILES string of the molecule is CC#CC(C)(C=CC)S(=O)O. The molecule has 0 rings (SSSR count). The fourth-order valence-corrected chi connectivity index (χ4v) is 1.15. The molecule has 0 bridgehead atoms. The van der Waals surface area contributed by atoms with E-state index in [2.05, 4.69) is 11.8 Å². The van der Waals surface area contributed by atoms with Gasteiger partial charge in [0.25, 0.3) is 0 Å². The molecule has 0 fully saturated rings. The fourth-order valence-electron chi connectivity index (χ4n) is 0.710. The zero-order valence-corrected chi connectivity index (χ0v) is 7.73. The van der Waals surface area contributed by atoms with Crippen LogP contribution in [-0.2, 0) is 11.1 Å². The van der Waals surface area contributed by atoms with E-state index in [9.17, 15) is 4.21 Å². The largest absolute Gasteiger partial charge is 0.305 e. The molecule has 2 unspecified atom stereocenters. The zero-order chi connectivity index (χ0) is 8.91. The van der Waals surface area contributed by atoms with Gasteiger partial charge in [0.2, 0.25) is 0 Å². The average Bonchev–Trinajstić information content (AvgIpc) is 1.88. The van der Waals surface area contributed by atoms with Crippen LogP contribution in [0.1, 0.15) is 20.8 Å². The Morgan fingerprint density at radius 2 is 2.18 bits per heavy atom. The molecule has 0 radical (unpaired) electrons. The van der Waals surface area contributed by atoms with Crippen molar-refractivity contribution < 1.29 is 8.76 Å². The summed E-state index contributed by atoms with van der Waals surface area (Å²) < 4.78 is 18.7. The van der Waals surface area contributed by atoms with Crippen molar-refractivity contribution in [3.8, 4) is 11.8 Å². The molecule has 62 valence electrons. The molecule has 0 aliphatic heterocycles. The molecule has 0 amide bonds. The van der Waals surface area contributed by atoms with E-state index in [1.165, 1.54) is 0 Å². The summed E-state index contributed by atoms with van der Waals surface area (Å²) >= 11 is -1.93. The zero-order valence-electron chi connectivity index (χ0n) is 6.92. The molecule has 3 heteroatoms. The van der Waals surface area contributed by atoms with E-state index in [-0.39, 0.29) is 0 Å². The first-order valence-corrected chi connectivity index (χ1v) is 4.36. The van der Waals surface area contributed by atoms with Gasteiger partial charge >= 0.3 is 0 Å². The molecular weight excluding hydrogens is 160 g/mol. The van der Waals surface area contributed by atoms with E-state index in [4.69, 9.17) is 4.55 Å². The molecule has 2 nitrogen and oxygen atoms in total. The second-order valence-electron chi connectivity index (χ2n) is 2.23. The Hall–Kier alpha value is -0.590. The van der Waals surface area contributed by atoms with Crippen molar-refractivity contribution in [2.24, 2.45) is 0 Å². The molecule has 1 N–H and O–H groups in total. The van der Waals surface area contributed by atoms with Crippen molar-refractivity contribution in [2.45, 2.75) is 25.5 Å². The predicted molar refractivity (Wildman–Crippen MR) is 47.4 cm³/mol. The van der Waals surface area contributed by atoms with Crippen molar-refractivity contribution in [1.82, 2.24) is 0 Å². The maximum absolute atomic E-state index is 10.8. The van der Waals surface area contributed by atoms with Gasteiger partial charge in [0, 0.05) is 0 Å². The van der Waals surface area contributed by atoms with Crippen LogP contribution < -0.4 is 0 Å². The summed E-state index contributed by atoms with van der Waals surface area (Å²) in [5, 5.41) is 0. The lowest BCUT2D eigenvalue weighted by molar-refractivity contribution is 0.549. The Kier molecular flexibility index (Phi) is 4.09. The van der Waals surface area contributed by atoms with Gasteiger partial charge in [0.05, 0.1) is 0 Å². The second-order valence-corrected chi connectivity index (χ2v) is 3.58. The molecular formula is C8H12O2S. The molecule has 0 aliphatic rings. The summed E-state index contributed by atoms with van der Waals surface area (Å²) in [5.41, 5.74) is 0. The van der Waals surface area contributed by atoms with E-state index in [0.717, 1.165) is 0 Å². The van der Waals surface area contributed by atoms with Crippen molar-refractivity contribution in [3.05, 3.63) is 12.2 Å². The maximum atomic E-state index is 10.8. The van der Waals surface area contributed by atoms with Gasteiger partial charge < -0.3 is 4.55 Å². The van der Waals surface area contributed by atoms with Gasteiger partial charge in [-0.2, -0.15) is 0 Å². The summed E-state index contributed by atoms with van der Waals surface area (Å²) in [6.45, 7) is 5.07.